The summed E-state index contributed by atoms with van der Waals surface area (Å²) in [7, 11) is 0. The summed E-state index contributed by atoms with van der Waals surface area (Å²) in [6.45, 7) is 3.07. The number of carbonyl (C=O) groups excluding carboxylic acids is 4. The normalized spacial score (nSPS) is 17.4. The van der Waals surface area contributed by atoms with Crippen LogP contribution in [0.2, 0.25) is 0 Å². The summed E-state index contributed by atoms with van der Waals surface area (Å²) in [6.07, 6.45) is 1.12. The zero-order valence-corrected chi connectivity index (χ0v) is 10.2. The van der Waals surface area contributed by atoms with Gasteiger partial charge in [0.2, 0.25) is 11.8 Å². The van der Waals surface area contributed by atoms with E-state index >= 15 is 0 Å². The standard InChI is InChI=1S/C12H17NO4/c1-3-9(6-8(2)14)10(15)7-13-11(16)4-5-12(13)17/h9H,3-7H2,1-2H3. The molecule has 0 aromatic rings. The molecule has 5 nitrogen and oxygen atoms in total. The number of imide groups is 1. The highest BCUT2D eigenvalue weighted by Gasteiger charge is 2.32. The molecule has 2 amide bonds. The molecule has 0 aromatic carbocycles. The smallest absolute Gasteiger partial charge is 0.230 e. The molecule has 1 aliphatic rings. The van der Waals surface area contributed by atoms with Crippen LogP contribution in [0.3, 0.4) is 0 Å². The van der Waals surface area contributed by atoms with Gasteiger partial charge in [-0.3, -0.25) is 19.3 Å². The zero-order valence-electron chi connectivity index (χ0n) is 10.2. The predicted molar refractivity (Wildman–Crippen MR) is 60.0 cm³/mol. The molecule has 0 saturated carbocycles. The van der Waals surface area contributed by atoms with Crippen LogP contribution in [0.5, 0.6) is 0 Å². The zero-order chi connectivity index (χ0) is 13.0. The Bertz CT molecular complexity index is 346. The maximum atomic E-state index is 11.9. The SMILES string of the molecule is CCC(CC(C)=O)C(=O)CN1C(=O)CCC1=O. The Morgan fingerprint density at radius 3 is 2.18 bits per heavy atom. The van der Waals surface area contributed by atoms with Gasteiger partial charge in [0.05, 0.1) is 6.54 Å². The fourth-order valence-electron chi connectivity index (χ4n) is 1.92. The molecule has 1 saturated heterocycles. The van der Waals surface area contributed by atoms with E-state index in [4.69, 9.17) is 0 Å². The van der Waals surface area contributed by atoms with Crippen molar-refractivity contribution in [2.45, 2.75) is 39.5 Å². The van der Waals surface area contributed by atoms with Gasteiger partial charge in [-0.1, -0.05) is 6.92 Å². The Morgan fingerprint density at radius 1 is 1.24 bits per heavy atom. The quantitative estimate of drug-likeness (QED) is 0.640. The first-order chi connectivity index (χ1) is 7.95. The summed E-state index contributed by atoms with van der Waals surface area (Å²) in [5, 5.41) is 0. The molecular weight excluding hydrogens is 222 g/mol. The minimum absolute atomic E-state index is 0.0516. The van der Waals surface area contributed by atoms with E-state index < -0.39 is 0 Å². The summed E-state index contributed by atoms with van der Waals surface area (Å²) in [4.78, 5) is 46.5. The molecule has 1 atom stereocenters. The van der Waals surface area contributed by atoms with Crippen LogP contribution < -0.4 is 0 Å². The molecule has 1 fully saturated rings. The van der Waals surface area contributed by atoms with E-state index in [1.165, 1.54) is 6.92 Å². The summed E-state index contributed by atoms with van der Waals surface area (Å²) in [6, 6.07) is 0. The van der Waals surface area contributed by atoms with Crippen LogP contribution in [-0.2, 0) is 19.2 Å². The van der Waals surface area contributed by atoms with Crippen molar-refractivity contribution in [1.29, 1.82) is 0 Å². The van der Waals surface area contributed by atoms with Gasteiger partial charge in [-0.15, -0.1) is 0 Å². The fraction of sp³-hybridized carbons (Fsp3) is 0.667. The third-order valence-electron chi connectivity index (χ3n) is 2.95. The molecule has 17 heavy (non-hydrogen) atoms. The Labute approximate surface area is 100 Å². The molecule has 1 aliphatic heterocycles. The fourth-order valence-corrected chi connectivity index (χ4v) is 1.92. The molecule has 0 aliphatic carbocycles. The first kappa shape index (κ1) is 13.5. The van der Waals surface area contributed by atoms with Crippen LogP contribution in [0.25, 0.3) is 0 Å². The number of ketones is 2. The average Bonchev–Trinajstić information content (AvgIpc) is 2.57. The van der Waals surface area contributed by atoms with Crippen molar-refractivity contribution in [2.75, 3.05) is 6.54 Å². The molecule has 0 bridgehead atoms. The van der Waals surface area contributed by atoms with Crippen LogP contribution in [0.15, 0.2) is 0 Å². The number of Topliss-reactive ketones (excluding diaryl/α,β-unsaturated/α-hetero) is 2. The largest absolute Gasteiger partial charge is 0.300 e. The van der Waals surface area contributed by atoms with Crippen LogP contribution in [0, 0.1) is 5.92 Å². The minimum atomic E-state index is -0.381. The number of rotatable bonds is 6. The van der Waals surface area contributed by atoms with Crippen LogP contribution >= 0.6 is 0 Å². The van der Waals surface area contributed by atoms with Gasteiger partial charge >= 0.3 is 0 Å². The molecular formula is C12H17NO4. The lowest BCUT2D eigenvalue weighted by molar-refractivity contribution is -0.142. The van der Waals surface area contributed by atoms with Gasteiger partial charge in [-0.2, -0.15) is 0 Å². The van der Waals surface area contributed by atoms with Crippen LogP contribution in [0.4, 0.5) is 0 Å². The topological polar surface area (TPSA) is 71.5 Å². The van der Waals surface area contributed by atoms with E-state index in [1.807, 2.05) is 6.92 Å². The number of carbonyl (C=O) groups is 4. The summed E-state index contributed by atoms with van der Waals surface area (Å²) >= 11 is 0. The average molecular weight is 239 g/mol. The van der Waals surface area contributed by atoms with E-state index in [0.717, 1.165) is 4.90 Å². The van der Waals surface area contributed by atoms with E-state index in [0.29, 0.717) is 6.42 Å². The van der Waals surface area contributed by atoms with Crippen molar-refractivity contribution in [1.82, 2.24) is 4.90 Å². The lowest BCUT2D eigenvalue weighted by Crippen LogP contribution is -2.37. The van der Waals surface area contributed by atoms with E-state index in [-0.39, 0.29) is 55.1 Å². The van der Waals surface area contributed by atoms with Crippen molar-refractivity contribution >= 4 is 23.4 Å². The molecule has 1 rings (SSSR count). The van der Waals surface area contributed by atoms with Crippen molar-refractivity contribution in [3.8, 4) is 0 Å². The Hall–Kier alpha value is -1.52. The molecule has 0 radical (unpaired) electrons. The lowest BCUT2D eigenvalue weighted by atomic mass is 9.95. The maximum Gasteiger partial charge on any atom is 0.230 e. The van der Waals surface area contributed by atoms with E-state index in [2.05, 4.69) is 0 Å². The second-order valence-corrected chi connectivity index (χ2v) is 4.35. The third kappa shape index (κ3) is 3.47. The highest BCUT2D eigenvalue weighted by molar-refractivity contribution is 6.05. The van der Waals surface area contributed by atoms with Gasteiger partial charge < -0.3 is 4.79 Å². The number of nitrogens with zero attached hydrogens (tertiary/aromatic N) is 1. The Morgan fingerprint density at radius 2 is 1.76 bits per heavy atom. The molecule has 1 heterocycles. The van der Waals surface area contributed by atoms with E-state index in [9.17, 15) is 19.2 Å². The van der Waals surface area contributed by atoms with Gasteiger partial charge in [-0.05, 0) is 13.3 Å². The summed E-state index contributed by atoms with van der Waals surface area (Å²) in [5.41, 5.74) is 0. The Balaban J connectivity index is 2.60. The maximum absolute atomic E-state index is 11.9. The number of likely N-dealkylation sites (tertiary alicyclic amines) is 1. The Kier molecular flexibility index (Phi) is 4.54. The number of amides is 2. The van der Waals surface area contributed by atoms with Gasteiger partial charge in [0, 0.05) is 25.2 Å². The summed E-state index contributed by atoms with van der Waals surface area (Å²) < 4.78 is 0. The first-order valence-electron chi connectivity index (χ1n) is 5.81. The molecule has 0 aromatic heterocycles. The molecule has 1 unspecified atom stereocenters. The van der Waals surface area contributed by atoms with Crippen molar-refractivity contribution in [3.63, 3.8) is 0 Å². The number of hydrogen-bond donors (Lipinski definition) is 0. The van der Waals surface area contributed by atoms with Gasteiger partial charge in [0.1, 0.15) is 5.78 Å². The lowest BCUT2D eigenvalue weighted by Gasteiger charge is -2.17. The molecule has 0 spiro atoms. The minimum Gasteiger partial charge on any atom is -0.300 e. The predicted octanol–water partition coefficient (Wildman–Crippen LogP) is 0.710. The van der Waals surface area contributed by atoms with Gasteiger partial charge in [0.25, 0.3) is 0 Å². The van der Waals surface area contributed by atoms with Crippen LogP contribution in [0.1, 0.15) is 39.5 Å². The molecule has 0 N–H and O–H groups in total. The first-order valence-corrected chi connectivity index (χ1v) is 5.81. The van der Waals surface area contributed by atoms with Crippen molar-refractivity contribution in [2.24, 2.45) is 5.92 Å². The monoisotopic (exact) mass is 239 g/mol. The third-order valence-corrected chi connectivity index (χ3v) is 2.95. The van der Waals surface area contributed by atoms with Gasteiger partial charge in [-0.25, -0.2) is 0 Å². The number of hydrogen-bond acceptors (Lipinski definition) is 4. The molecule has 5 heteroatoms. The van der Waals surface area contributed by atoms with Crippen molar-refractivity contribution in [3.05, 3.63) is 0 Å². The molecule has 94 valence electrons. The highest BCUT2D eigenvalue weighted by Crippen LogP contribution is 2.15. The van der Waals surface area contributed by atoms with Crippen LogP contribution in [-0.4, -0.2) is 34.8 Å². The summed E-state index contributed by atoms with van der Waals surface area (Å²) in [5.74, 6) is -1.22. The second-order valence-electron chi connectivity index (χ2n) is 4.35. The van der Waals surface area contributed by atoms with Gasteiger partial charge in [0.15, 0.2) is 5.78 Å². The van der Waals surface area contributed by atoms with Crippen molar-refractivity contribution < 1.29 is 19.2 Å². The second kappa shape index (κ2) is 5.70. The highest BCUT2D eigenvalue weighted by atomic mass is 16.2. The van der Waals surface area contributed by atoms with E-state index in [1.54, 1.807) is 0 Å².